The Kier molecular flexibility index (Phi) is 3.97. The molecule has 1 unspecified atom stereocenters. The largest absolute Gasteiger partial charge is 0.342 e. The van der Waals surface area contributed by atoms with E-state index in [2.05, 4.69) is 5.32 Å². The summed E-state index contributed by atoms with van der Waals surface area (Å²) in [5.41, 5.74) is -0.640. The number of hydrogen-bond acceptors (Lipinski definition) is 3. The number of nitrogens with zero attached hydrogens (tertiary/aromatic N) is 1. The molecular formula is C15H19ClN2O2S. The summed E-state index contributed by atoms with van der Waals surface area (Å²) in [6.07, 6.45) is 4.15. The van der Waals surface area contributed by atoms with Crippen LogP contribution in [0.15, 0.2) is 12.1 Å². The van der Waals surface area contributed by atoms with Gasteiger partial charge in [0.05, 0.1) is 10.9 Å². The molecule has 3 rings (SSSR count). The van der Waals surface area contributed by atoms with Crippen molar-refractivity contribution in [2.75, 3.05) is 0 Å². The number of halogens is 1. The molecule has 21 heavy (non-hydrogen) atoms. The van der Waals surface area contributed by atoms with E-state index in [-0.39, 0.29) is 17.9 Å². The second-order valence-electron chi connectivity index (χ2n) is 5.80. The number of piperazine rings is 1. The Bertz CT molecular complexity index is 566. The minimum absolute atomic E-state index is 0.0223. The second-order valence-corrected chi connectivity index (χ2v) is 7.60. The third-order valence-corrected chi connectivity index (χ3v) is 5.81. The molecule has 2 amide bonds. The van der Waals surface area contributed by atoms with E-state index in [1.165, 1.54) is 11.3 Å². The molecule has 0 radical (unpaired) electrons. The van der Waals surface area contributed by atoms with Gasteiger partial charge in [-0.2, -0.15) is 0 Å². The summed E-state index contributed by atoms with van der Waals surface area (Å²) in [5, 5.41) is 2.92. The first-order valence-electron chi connectivity index (χ1n) is 7.43. The first-order valence-corrected chi connectivity index (χ1v) is 8.63. The molecule has 6 heteroatoms. The molecule has 1 aromatic rings. The summed E-state index contributed by atoms with van der Waals surface area (Å²) in [4.78, 5) is 28.2. The third kappa shape index (κ3) is 2.46. The van der Waals surface area contributed by atoms with Crippen molar-refractivity contribution in [3.05, 3.63) is 21.3 Å². The summed E-state index contributed by atoms with van der Waals surface area (Å²) in [6.45, 7) is 2.41. The predicted octanol–water partition coefficient (Wildman–Crippen LogP) is 2.95. The average molecular weight is 327 g/mol. The van der Waals surface area contributed by atoms with Crippen LogP contribution in [0.4, 0.5) is 0 Å². The van der Waals surface area contributed by atoms with Gasteiger partial charge in [0.1, 0.15) is 11.6 Å². The summed E-state index contributed by atoms with van der Waals surface area (Å²) in [7, 11) is 0. The average Bonchev–Trinajstić information content (AvgIpc) is 3.09. The quantitative estimate of drug-likeness (QED) is 0.928. The molecule has 1 aliphatic carbocycles. The lowest BCUT2D eigenvalue weighted by molar-refractivity contribution is -0.158. The Morgan fingerprint density at radius 2 is 2.10 bits per heavy atom. The maximum Gasteiger partial charge on any atom is 0.246 e. The molecule has 1 saturated heterocycles. The van der Waals surface area contributed by atoms with Crippen molar-refractivity contribution in [3.63, 3.8) is 0 Å². The van der Waals surface area contributed by atoms with Crippen molar-refractivity contribution >= 4 is 34.8 Å². The van der Waals surface area contributed by atoms with Gasteiger partial charge in [-0.15, -0.1) is 11.3 Å². The smallest absolute Gasteiger partial charge is 0.246 e. The predicted molar refractivity (Wildman–Crippen MR) is 83.3 cm³/mol. The van der Waals surface area contributed by atoms with E-state index < -0.39 is 5.54 Å². The third-order valence-electron chi connectivity index (χ3n) is 4.59. The fourth-order valence-electron chi connectivity index (χ4n) is 3.43. The van der Waals surface area contributed by atoms with Crippen LogP contribution >= 0.6 is 22.9 Å². The Balaban J connectivity index is 1.93. The SMILES string of the molecule is CCC1NC(=O)C2(CCCC2)N(Cc2ccc(Cl)s2)C1=O. The number of thiophene rings is 1. The zero-order valence-corrected chi connectivity index (χ0v) is 13.6. The molecule has 2 fully saturated rings. The second kappa shape index (κ2) is 5.61. The zero-order valence-electron chi connectivity index (χ0n) is 12.0. The van der Waals surface area contributed by atoms with Gasteiger partial charge in [0.2, 0.25) is 11.8 Å². The number of hydrogen-bond donors (Lipinski definition) is 1. The van der Waals surface area contributed by atoms with E-state index in [0.29, 0.717) is 17.3 Å². The van der Waals surface area contributed by atoms with E-state index in [4.69, 9.17) is 11.6 Å². The molecule has 1 spiro atoms. The number of nitrogens with one attached hydrogen (secondary N) is 1. The van der Waals surface area contributed by atoms with Crippen LogP contribution in [0.25, 0.3) is 0 Å². The van der Waals surface area contributed by atoms with Gasteiger partial charge in [-0.05, 0) is 31.4 Å². The monoisotopic (exact) mass is 326 g/mol. The summed E-state index contributed by atoms with van der Waals surface area (Å²) >= 11 is 7.46. The van der Waals surface area contributed by atoms with Crippen molar-refractivity contribution in [1.82, 2.24) is 10.2 Å². The molecule has 0 aromatic carbocycles. The Labute approximate surface area is 133 Å². The molecule has 114 valence electrons. The lowest BCUT2D eigenvalue weighted by atomic mass is 9.89. The molecule has 0 bridgehead atoms. The van der Waals surface area contributed by atoms with Crippen molar-refractivity contribution in [2.45, 2.75) is 57.2 Å². The van der Waals surface area contributed by atoms with Gasteiger partial charge in [0, 0.05) is 4.88 Å². The van der Waals surface area contributed by atoms with Crippen LogP contribution in [0.3, 0.4) is 0 Å². The van der Waals surface area contributed by atoms with Crippen LogP contribution in [0.5, 0.6) is 0 Å². The summed E-state index contributed by atoms with van der Waals surface area (Å²) in [6, 6.07) is 3.39. The molecule has 4 nitrogen and oxygen atoms in total. The van der Waals surface area contributed by atoms with Crippen molar-refractivity contribution < 1.29 is 9.59 Å². The Hall–Kier alpha value is -1.07. The van der Waals surface area contributed by atoms with Gasteiger partial charge < -0.3 is 10.2 Å². The van der Waals surface area contributed by atoms with Crippen molar-refractivity contribution in [2.24, 2.45) is 0 Å². The molecule has 1 saturated carbocycles. The molecule has 2 heterocycles. The van der Waals surface area contributed by atoms with E-state index in [9.17, 15) is 9.59 Å². The number of carbonyl (C=O) groups is 2. The minimum Gasteiger partial charge on any atom is -0.342 e. The standard InChI is InChI=1S/C15H19ClN2O2S/c1-2-11-13(19)18(9-10-5-6-12(16)21-10)15(14(20)17-11)7-3-4-8-15/h5-6,11H,2-4,7-9H2,1H3,(H,17,20). The van der Waals surface area contributed by atoms with Gasteiger partial charge in [0.25, 0.3) is 0 Å². The van der Waals surface area contributed by atoms with Gasteiger partial charge in [-0.1, -0.05) is 31.4 Å². The Morgan fingerprint density at radius 1 is 1.38 bits per heavy atom. The maximum absolute atomic E-state index is 12.8. The van der Waals surface area contributed by atoms with E-state index in [1.54, 1.807) is 0 Å². The number of carbonyl (C=O) groups excluding carboxylic acids is 2. The van der Waals surface area contributed by atoms with Crippen LogP contribution in [0, 0.1) is 0 Å². The molecule has 1 aliphatic heterocycles. The van der Waals surface area contributed by atoms with Crippen molar-refractivity contribution in [3.8, 4) is 0 Å². The highest BCUT2D eigenvalue weighted by molar-refractivity contribution is 7.16. The van der Waals surface area contributed by atoms with Crippen LogP contribution in [0.2, 0.25) is 4.34 Å². The molecule has 1 N–H and O–H groups in total. The highest BCUT2D eigenvalue weighted by Gasteiger charge is 2.53. The maximum atomic E-state index is 12.8. The molecule has 1 aromatic heterocycles. The molecule has 2 aliphatic rings. The number of rotatable bonds is 3. The fourth-order valence-corrected chi connectivity index (χ4v) is 4.51. The molecule has 1 atom stereocenters. The van der Waals surface area contributed by atoms with Crippen molar-refractivity contribution in [1.29, 1.82) is 0 Å². The topological polar surface area (TPSA) is 49.4 Å². The fraction of sp³-hybridized carbons (Fsp3) is 0.600. The lowest BCUT2D eigenvalue weighted by Crippen LogP contribution is -2.69. The normalized spacial score (nSPS) is 24.7. The first kappa shape index (κ1) is 14.9. The van der Waals surface area contributed by atoms with Gasteiger partial charge in [0.15, 0.2) is 0 Å². The van der Waals surface area contributed by atoms with Gasteiger partial charge in [-0.3, -0.25) is 9.59 Å². The zero-order chi connectivity index (χ0) is 15.0. The van der Waals surface area contributed by atoms with Crippen LogP contribution < -0.4 is 5.32 Å². The highest BCUT2D eigenvalue weighted by atomic mass is 35.5. The summed E-state index contributed by atoms with van der Waals surface area (Å²) < 4.78 is 0.714. The molecular weight excluding hydrogens is 308 g/mol. The van der Waals surface area contributed by atoms with Crippen LogP contribution in [-0.2, 0) is 16.1 Å². The van der Waals surface area contributed by atoms with E-state index in [1.807, 2.05) is 24.0 Å². The van der Waals surface area contributed by atoms with E-state index in [0.717, 1.165) is 30.6 Å². The Morgan fingerprint density at radius 3 is 2.67 bits per heavy atom. The first-order chi connectivity index (χ1) is 10.1. The van der Waals surface area contributed by atoms with Crippen LogP contribution in [-0.4, -0.2) is 28.3 Å². The van der Waals surface area contributed by atoms with Gasteiger partial charge in [-0.25, -0.2) is 0 Å². The lowest BCUT2D eigenvalue weighted by Gasteiger charge is -2.46. The van der Waals surface area contributed by atoms with Gasteiger partial charge >= 0.3 is 0 Å². The number of amides is 2. The van der Waals surface area contributed by atoms with Crippen LogP contribution in [0.1, 0.15) is 43.9 Å². The summed E-state index contributed by atoms with van der Waals surface area (Å²) in [5.74, 6) is 0.0672. The minimum atomic E-state index is -0.640. The highest BCUT2D eigenvalue weighted by Crippen LogP contribution is 2.40. The van der Waals surface area contributed by atoms with E-state index >= 15 is 0 Å².